The van der Waals surface area contributed by atoms with E-state index in [1.807, 2.05) is 36.4 Å². The fraction of sp³-hybridized carbons (Fsp3) is 0.143. The van der Waals surface area contributed by atoms with Crippen molar-refractivity contribution in [2.75, 3.05) is 7.11 Å². The van der Waals surface area contributed by atoms with Gasteiger partial charge in [0.15, 0.2) is 0 Å². The lowest BCUT2D eigenvalue weighted by Crippen LogP contribution is -1.99. The summed E-state index contributed by atoms with van der Waals surface area (Å²) in [6.45, 7) is 0.455. The van der Waals surface area contributed by atoms with Crippen LogP contribution < -0.4 is 10.5 Å². The van der Waals surface area contributed by atoms with Crippen LogP contribution in [-0.2, 0) is 6.54 Å². The molecule has 0 heterocycles. The van der Waals surface area contributed by atoms with Crippen LogP contribution in [0.2, 0.25) is 10.0 Å². The van der Waals surface area contributed by atoms with Gasteiger partial charge in [-0.2, -0.15) is 0 Å². The molecule has 2 nitrogen and oxygen atoms in total. The van der Waals surface area contributed by atoms with Crippen molar-refractivity contribution in [3.8, 4) is 16.9 Å². The normalized spacial score (nSPS) is 10.4. The molecule has 0 aliphatic carbocycles. The molecule has 0 aromatic heterocycles. The fourth-order valence-corrected chi connectivity index (χ4v) is 2.26. The Balaban J connectivity index is 2.54. The molecule has 0 atom stereocenters. The first-order valence-electron chi connectivity index (χ1n) is 5.48. The van der Waals surface area contributed by atoms with Crippen molar-refractivity contribution in [3.63, 3.8) is 0 Å². The molecule has 0 amide bonds. The highest BCUT2D eigenvalue weighted by Crippen LogP contribution is 2.33. The fourth-order valence-electron chi connectivity index (χ4n) is 1.83. The van der Waals surface area contributed by atoms with Gasteiger partial charge in [0.2, 0.25) is 0 Å². The third kappa shape index (κ3) is 2.61. The van der Waals surface area contributed by atoms with Crippen LogP contribution >= 0.6 is 23.2 Å². The number of hydrogen-bond donors (Lipinski definition) is 1. The average molecular weight is 282 g/mol. The van der Waals surface area contributed by atoms with Gasteiger partial charge in [-0.25, -0.2) is 0 Å². The van der Waals surface area contributed by atoms with Crippen LogP contribution in [-0.4, -0.2) is 7.11 Å². The molecular formula is C14H13Cl2NO. The van der Waals surface area contributed by atoms with Gasteiger partial charge in [-0.05, 0) is 41.0 Å². The van der Waals surface area contributed by atoms with E-state index in [1.54, 1.807) is 7.11 Å². The largest absolute Gasteiger partial charge is 0.495 e. The van der Waals surface area contributed by atoms with E-state index in [2.05, 4.69) is 0 Å². The van der Waals surface area contributed by atoms with Crippen molar-refractivity contribution >= 4 is 23.2 Å². The second-order valence-corrected chi connectivity index (χ2v) is 4.70. The van der Waals surface area contributed by atoms with E-state index in [0.29, 0.717) is 22.3 Å². The third-order valence-electron chi connectivity index (χ3n) is 2.75. The van der Waals surface area contributed by atoms with Crippen LogP contribution in [0.4, 0.5) is 0 Å². The average Bonchev–Trinajstić information content (AvgIpc) is 2.38. The van der Waals surface area contributed by atoms with Gasteiger partial charge in [0.05, 0.1) is 12.1 Å². The number of rotatable bonds is 3. The first-order valence-corrected chi connectivity index (χ1v) is 6.23. The number of methoxy groups -OCH3 is 1. The first-order chi connectivity index (χ1) is 8.65. The van der Waals surface area contributed by atoms with Crippen LogP contribution in [0, 0.1) is 0 Å². The summed E-state index contributed by atoms with van der Waals surface area (Å²) in [5.41, 5.74) is 8.73. The molecule has 0 unspecified atom stereocenters. The van der Waals surface area contributed by atoms with Crippen LogP contribution in [0.5, 0.6) is 5.75 Å². The minimum atomic E-state index is 0.455. The van der Waals surface area contributed by atoms with E-state index in [0.717, 1.165) is 16.7 Å². The zero-order chi connectivity index (χ0) is 13.1. The number of ether oxygens (including phenoxy) is 1. The molecule has 0 bridgehead atoms. The SMILES string of the molecule is COc1ccc(-c2cc(Cl)ccc2CN)cc1Cl. The van der Waals surface area contributed by atoms with Gasteiger partial charge in [0, 0.05) is 11.6 Å². The third-order valence-corrected chi connectivity index (χ3v) is 3.29. The molecule has 18 heavy (non-hydrogen) atoms. The summed E-state index contributed by atoms with van der Waals surface area (Å²) >= 11 is 12.1. The van der Waals surface area contributed by atoms with Crippen LogP contribution in [0.15, 0.2) is 36.4 Å². The summed E-state index contributed by atoms with van der Waals surface area (Å²) in [5, 5.41) is 1.24. The topological polar surface area (TPSA) is 35.2 Å². The van der Waals surface area contributed by atoms with E-state index in [-0.39, 0.29) is 0 Å². The van der Waals surface area contributed by atoms with Crippen LogP contribution in [0.3, 0.4) is 0 Å². The Morgan fingerprint density at radius 2 is 1.89 bits per heavy atom. The van der Waals surface area contributed by atoms with Gasteiger partial charge >= 0.3 is 0 Å². The predicted octanol–water partition coefficient (Wildman–Crippen LogP) is 4.13. The summed E-state index contributed by atoms with van der Waals surface area (Å²) < 4.78 is 5.13. The van der Waals surface area contributed by atoms with E-state index < -0.39 is 0 Å². The second-order valence-electron chi connectivity index (χ2n) is 3.85. The molecule has 2 aromatic carbocycles. The molecule has 0 aliphatic heterocycles. The van der Waals surface area contributed by atoms with Gasteiger partial charge in [-0.3, -0.25) is 0 Å². The lowest BCUT2D eigenvalue weighted by molar-refractivity contribution is 0.415. The quantitative estimate of drug-likeness (QED) is 0.918. The summed E-state index contributed by atoms with van der Waals surface area (Å²) in [6, 6.07) is 11.3. The Morgan fingerprint density at radius 3 is 2.50 bits per heavy atom. The van der Waals surface area contributed by atoms with Crippen molar-refractivity contribution in [3.05, 3.63) is 52.0 Å². The highest BCUT2D eigenvalue weighted by Gasteiger charge is 2.08. The molecule has 94 valence electrons. The Morgan fingerprint density at radius 1 is 1.11 bits per heavy atom. The lowest BCUT2D eigenvalue weighted by Gasteiger charge is -2.10. The van der Waals surface area contributed by atoms with E-state index in [9.17, 15) is 0 Å². The van der Waals surface area contributed by atoms with E-state index >= 15 is 0 Å². The monoisotopic (exact) mass is 281 g/mol. The zero-order valence-corrected chi connectivity index (χ0v) is 11.4. The Labute approximate surface area is 116 Å². The van der Waals surface area contributed by atoms with Crippen molar-refractivity contribution in [1.29, 1.82) is 0 Å². The number of nitrogens with two attached hydrogens (primary N) is 1. The Hall–Kier alpha value is -1.22. The first kappa shape index (κ1) is 13.2. The molecule has 0 spiro atoms. The minimum Gasteiger partial charge on any atom is -0.495 e. The van der Waals surface area contributed by atoms with Crippen molar-refractivity contribution in [2.45, 2.75) is 6.54 Å². The number of hydrogen-bond acceptors (Lipinski definition) is 2. The van der Waals surface area contributed by atoms with Crippen LogP contribution in [0.25, 0.3) is 11.1 Å². The molecule has 4 heteroatoms. The highest BCUT2D eigenvalue weighted by molar-refractivity contribution is 6.32. The summed E-state index contributed by atoms with van der Waals surface area (Å²) in [7, 11) is 1.59. The van der Waals surface area contributed by atoms with Gasteiger partial charge in [-0.1, -0.05) is 35.3 Å². The van der Waals surface area contributed by atoms with Crippen molar-refractivity contribution in [2.24, 2.45) is 5.73 Å². The Kier molecular flexibility index (Phi) is 4.12. The molecule has 2 N–H and O–H groups in total. The predicted molar refractivity (Wildman–Crippen MR) is 76.3 cm³/mol. The zero-order valence-electron chi connectivity index (χ0n) is 9.91. The van der Waals surface area contributed by atoms with E-state index in [1.165, 1.54) is 0 Å². The molecule has 2 aromatic rings. The van der Waals surface area contributed by atoms with Gasteiger partial charge < -0.3 is 10.5 Å². The Bertz CT molecular complexity index is 570. The molecule has 0 saturated heterocycles. The van der Waals surface area contributed by atoms with Gasteiger partial charge in [0.1, 0.15) is 5.75 Å². The maximum absolute atomic E-state index is 6.13. The summed E-state index contributed by atoms with van der Waals surface area (Å²) in [5.74, 6) is 0.650. The molecular weight excluding hydrogens is 269 g/mol. The maximum Gasteiger partial charge on any atom is 0.137 e. The van der Waals surface area contributed by atoms with Crippen molar-refractivity contribution < 1.29 is 4.74 Å². The molecule has 2 rings (SSSR count). The van der Waals surface area contributed by atoms with Crippen molar-refractivity contribution in [1.82, 2.24) is 0 Å². The minimum absolute atomic E-state index is 0.455. The maximum atomic E-state index is 6.13. The van der Waals surface area contributed by atoms with E-state index in [4.69, 9.17) is 33.7 Å². The molecule has 0 radical (unpaired) electrons. The highest BCUT2D eigenvalue weighted by atomic mass is 35.5. The van der Waals surface area contributed by atoms with Gasteiger partial charge in [0.25, 0.3) is 0 Å². The molecule has 0 saturated carbocycles. The molecule has 0 fully saturated rings. The second kappa shape index (κ2) is 5.61. The molecule has 0 aliphatic rings. The van der Waals surface area contributed by atoms with Crippen LogP contribution in [0.1, 0.15) is 5.56 Å². The summed E-state index contributed by atoms with van der Waals surface area (Å²) in [6.07, 6.45) is 0. The summed E-state index contributed by atoms with van der Waals surface area (Å²) in [4.78, 5) is 0. The smallest absolute Gasteiger partial charge is 0.137 e. The van der Waals surface area contributed by atoms with Gasteiger partial charge in [-0.15, -0.1) is 0 Å². The lowest BCUT2D eigenvalue weighted by atomic mass is 9.99. The number of benzene rings is 2. The standard InChI is InChI=1S/C14H13Cl2NO/c1-18-14-5-3-9(6-13(14)16)12-7-11(15)4-2-10(12)8-17/h2-7H,8,17H2,1H3. The number of halogens is 2.